The second kappa shape index (κ2) is 8.24. The van der Waals surface area contributed by atoms with E-state index in [4.69, 9.17) is 4.74 Å². The number of anilines is 1. The van der Waals surface area contributed by atoms with Crippen molar-refractivity contribution in [2.24, 2.45) is 0 Å². The molecule has 134 valence electrons. The summed E-state index contributed by atoms with van der Waals surface area (Å²) in [5.41, 5.74) is 2.84. The number of methoxy groups -OCH3 is 1. The Morgan fingerprint density at radius 3 is 2.62 bits per heavy atom. The number of carbonyl (C=O) groups excluding carboxylic acids is 1. The van der Waals surface area contributed by atoms with E-state index in [-0.39, 0.29) is 5.91 Å². The third-order valence-corrected chi connectivity index (χ3v) is 4.22. The molecule has 0 saturated heterocycles. The lowest BCUT2D eigenvalue weighted by Crippen LogP contribution is -2.25. The summed E-state index contributed by atoms with van der Waals surface area (Å²) < 4.78 is 5.17. The molecule has 0 bridgehead atoms. The zero-order valence-electron chi connectivity index (χ0n) is 14.7. The van der Waals surface area contributed by atoms with Crippen molar-refractivity contribution in [3.05, 3.63) is 65.5 Å². The molecule has 0 unspecified atom stereocenters. The van der Waals surface area contributed by atoms with E-state index < -0.39 is 5.92 Å². The zero-order chi connectivity index (χ0) is 18.4. The van der Waals surface area contributed by atoms with E-state index >= 15 is 0 Å². The molecule has 1 heterocycles. The summed E-state index contributed by atoms with van der Waals surface area (Å²) in [7, 11) is 1.62. The standard InChI is InChI=1S/C19H21N5O2/c1-3-14-6-4-5-7-17(14)20-19(25)16(18-21-23-24-22-18)12-13-8-10-15(26-2)11-9-13/h4-11,16H,3,12H2,1-2H3,(H2,20,21,22,23,24,25)/p-1/t16-/m0/s1. The molecule has 7 heteroatoms. The van der Waals surface area contributed by atoms with Gasteiger partial charge in [-0.3, -0.25) is 15.1 Å². The van der Waals surface area contributed by atoms with Crippen LogP contribution in [0.2, 0.25) is 0 Å². The Morgan fingerprint density at radius 2 is 1.96 bits per heavy atom. The summed E-state index contributed by atoms with van der Waals surface area (Å²) in [4.78, 5) is 12.9. The minimum Gasteiger partial charge on any atom is -0.497 e. The van der Waals surface area contributed by atoms with Crippen LogP contribution in [-0.2, 0) is 17.6 Å². The van der Waals surface area contributed by atoms with Gasteiger partial charge in [-0.25, -0.2) is 0 Å². The predicted octanol–water partition coefficient (Wildman–Crippen LogP) is 2.36. The molecular weight excluding hydrogens is 330 g/mol. The lowest BCUT2D eigenvalue weighted by Gasteiger charge is -2.18. The van der Waals surface area contributed by atoms with E-state index in [1.54, 1.807) is 7.11 Å². The highest BCUT2D eigenvalue weighted by Gasteiger charge is 2.21. The van der Waals surface area contributed by atoms with Crippen molar-refractivity contribution in [1.82, 2.24) is 20.6 Å². The number of hydrogen-bond donors (Lipinski definition) is 1. The highest BCUT2D eigenvalue weighted by atomic mass is 16.5. The van der Waals surface area contributed by atoms with Crippen LogP contribution in [0.4, 0.5) is 5.69 Å². The molecule has 0 radical (unpaired) electrons. The van der Waals surface area contributed by atoms with Crippen molar-refractivity contribution in [3.8, 4) is 5.75 Å². The van der Waals surface area contributed by atoms with Gasteiger partial charge in [-0.2, -0.15) is 5.21 Å². The topological polar surface area (TPSA) is 91.1 Å². The Bertz CT molecular complexity index is 847. The number of tetrazole rings is 1. The molecule has 3 rings (SSSR count). The van der Waals surface area contributed by atoms with Crippen molar-refractivity contribution in [2.75, 3.05) is 12.4 Å². The largest absolute Gasteiger partial charge is 0.497 e. The number of nitrogens with one attached hydrogen (secondary N) is 1. The van der Waals surface area contributed by atoms with Gasteiger partial charge in [0.2, 0.25) is 5.91 Å². The SMILES string of the molecule is CCc1ccccc1NC(=O)[C@@H](Cc1ccc(OC)cc1)c1nnn[n-]1. The first-order valence-corrected chi connectivity index (χ1v) is 8.41. The van der Waals surface area contributed by atoms with Gasteiger partial charge < -0.3 is 15.2 Å². The highest BCUT2D eigenvalue weighted by Crippen LogP contribution is 2.23. The van der Waals surface area contributed by atoms with E-state index in [2.05, 4.69) is 25.9 Å². The molecule has 3 aromatic rings. The Hall–Kier alpha value is -3.22. The van der Waals surface area contributed by atoms with Gasteiger partial charge in [-0.15, -0.1) is 0 Å². The summed E-state index contributed by atoms with van der Waals surface area (Å²) in [6.07, 6.45) is 1.27. The number of rotatable bonds is 7. The first kappa shape index (κ1) is 17.6. The van der Waals surface area contributed by atoms with Crippen LogP contribution in [0.25, 0.3) is 0 Å². The molecule has 7 nitrogen and oxygen atoms in total. The van der Waals surface area contributed by atoms with Gasteiger partial charge in [-0.05, 0) is 42.2 Å². The maximum Gasteiger partial charge on any atom is 0.232 e. The molecule has 0 fully saturated rings. The summed E-state index contributed by atoms with van der Waals surface area (Å²) >= 11 is 0. The molecule has 0 aliphatic rings. The molecule has 1 aromatic heterocycles. The minimum atomic E-state index is -0.580. The molecular formula is C19H20N5O2-. The molecule has 1 amide bonds. The fourth-order valence-electron chi connectivity index (χ4n) is 2.76. The highest BCUT2D eigenvalue weighted by molar-refractivity contribution is 5.96. The van der Waals surface area contributed by atoms with Crippen molar-refractivity contribution in [1.29, 1.82) is 0 Å². The third kappa shape index (κ3) is 4.05. The second-order valence-corrected chi connectivity index (χ2v) is 5.84. The zero-order valence-corrected chi connectivity index (χ0v) is 14.7. The third-order valence-electron chi connectivity index (χ3n) is 4.22. The molecule has 0 aliphatic carbocycles. The van der Waals surface area contributed by atoms with Gasteiger partial charge in [0.15, 0.2) is 0 Å². The van der Waals surface area contributed by atoms with Crippen molar-refractivity contribution >= 4 is 11.6 Å². The van der Waals surface area contributed by atoms with Crippen LogP contribution in [0.1, 0.15) is 29.8 Å². The van der Waals surface area contributed by atoms with Gasteiger partial charge in [0.25, 0.3) is 0 Å². The molecule has 2 aromatic carbocycles. The van der Waals surface area contributed by atoms with Crippen LogP contribution in [0, 0.1) is 0 Å². The minimum absolute atomic E-state index is 0.184. The summed E-state index contributed by atoms with van der Waals surface area (Å²) in [5, 5.41) is 17.8. The van der Waals surface area contributed by atoms with E-state index in [0.717, 1.165) is 29.0 Å². The number of amides is 1. The van der Waals surface area contributed by atoms with Crippen molar-refractivity contribution < 1.29 is 9.53 Å². The van der Waals surface area contributed by atoms with Crippen LogP contribution in [0.3, 0.4) is 0 Å². The van der Waals surface area contributed by atoms with Gasteiger partial charge in [-0.1, -0.05) is 37.3 Å². The van der Waals surface area contributed by atoms with E-state index in [0.29, 0.717) is 12.2 Å². The Kier molecular flexibility index (Phi) is 5.58. The van der Waals surface area contributed by atoms with E-state index in [9.17, 15) is 4.79 Å². The fourth-order valence-corrected chi connectivity index (χ4v) is 2.76. The summed E-state index contributed by atoms with van der Waals surface area (Å²) in [5.74, 6) is 0.312. The van der Waals surface area contributed by atoms with Gasteiger partial charge in [0.05, 0.1) is 13.0 Å². The normalized spacial score (nSPS) is 11.8. The molecule has 1 atom stereocenters. The molecule has 0 spiro atoms. The quantitative estimate of drug-likeness (QED) is 0.703. The molecule has 26 heavy (non-hydrogen) atoms. The molecule has 0 aliphatic heterocycles. The van der Waals surface area contributed by atoms with Gasteiger partial charge >= 0.3 is 0 Å². The Balaban J connectivity index is 1.82. The van der Waals surface area contributed by atoms with Crippen LogP contribution < -0.4 is 15.2 Å². The van der Waals surface area contributed by atoms with E-state index in [1.807, 2.05) is 55.5 Å². The number of para-hydroxylation sites is 1. The predicted molar refractivity (Wildman–Crippen MR) is 97.0 cm³/mol. The number of ether oxygens (including phenoxy) is 1. The Morgan fingerprint density at radius 1 is 1.19 bits per heavy atom. The maximum atomic E-state index is 12.9. The molecule has 1 N–H and O–H groups in total. The lowest BCUT2D eigenvalue weighted by molar-refractivity contribution is -0.117. The average Bonchev–Trinajstić information content (AvgIpc) is 3.21. The summed E-state index contributed by atoms with van der Waals surface area (Å²) in [6.45, 7) is 2.05. The fraction of sp³-hybridized carbons (Fsp3) is 0.263. The van der Waals surface area contributed by atoms with Gasteiger partial charge in [0.1, 0.15) is 5.75 Å². The number of hydrogen-bond acceptors (Lipinski definition) is 5. The number of carbonyl (C=O) groups is 1. The molecule has 0 saturated carbocycles. The van der Waals surface area contributed by atoms with Crippen LogP contribution in [-0.4, -0.2) is 28.5 Å². The van der Waals surface area contributed by atoms with Gasteiger partial charge in [0, 0.05) is 11.5 Å². The first-order chi connectivity index (χ1) is 12.7. The van der Waals surface area contributed by atoms with Crippen LogP contribution >= 0.6 is 0 Å². The van der Waals surface area contributed by atoms with Crippen molar-refractivity contribution in [3.63, 3.8) is 0 Å². The summed E-state index contributed by atoms with van der Waals surface area (Å²) in [6, 6.07) is 15.3. The lowest BCUT2D eigenvalue weighted by atomic mass is 9.97. The Labute approximate surface area is 151 Å². The average molecular weight is 350 g/mol. The smallest absolute Gasteiger partial charge is 0.232 e. The number of benzene rings is 2. The second-order valence-electron chi connectivity index (χ2n) is 5.84. The van der Waals surface area contributed by atoms with E-state index in [1.165, 1.54) is 0 Å². The number of aromatic nitrogens is 4. The maximum absolute atomic E-state index is 12.9. The first-order valence-electron chi connectivity index (χ1n) is 8.41. The van der Waals surface area contributed by atoms with Crippen molar-refractivity contribution in [2.45, 2.75) is 25.7 Å². The van der Waals surface area contributed by atoms with Crippen LogP contribution in [0.15, 0.2) is 48.5 Å². The number of aryl methyl sites for hydroxylation is 1. The number of nitrogens with zero attached hydrogens (tertiary/aromatic N) is 4. The monoisotopic (exact) mass is 350 g/mol. The van der Waals surface area contributed by atoms with Crippen LogP contribution in [0.5, 0.6) is 5.75 Å².